The molecule has 0 fully saturated rings. The molecule has 176 valence electrons. The van der Waals surface area contributed by atoms with Gasteiger partial charge >= 0.3 is 0 Å². The van der Waals surface area contributed by atoms with Crippen molar-refractivity contribution in [1.29, 1.82) is 0 Å². The Balaban J connectivity index is 1.51. The first-order valence-corrected chi connectivity index (χ1v) is 12.1. The summed E-state index contributed by atoms with van der Waals surface area (Å²) in [6.45, 7) is 3.74. The highest BCUT2D eigenvalue weighted by Gasteiger charge is 2.18. The largest absolute Gasteiger partial charge is 0.352 e. The lowest BCUT2D eigenvalue weighted by Crippen LogP contribution is -2.26. The lowest BCUT2D eigenvalue weighted by atomic mass is 10.0. The molecule has 34 heavy (non-hydrogen) atoms. The Morgan fingerprint density at radius 1 is 1.06 bits per heavy atom. The monoisotopic (exact) mass is 479 g/mol. The molecule has 1 amide bonds. The number of carbonyl (C=O) groups excluding carboxylic acids is 1. The van der Waals surface area contributed by atoms with Crippen molar-refractivity contribution in [3.8, 4) is 0 Å². The van der Waals surface area contributed by atoms with Crippen molar-refractivity contribution in [3.63, 3.8) is 0 Å². The molecule has 2 aromatic carbocycles. The fourth-order valence-corrected chi connectivity index (χ4v) is 5.02. The van der Waals surface area contributed by atoms with Gasteiger partial charge in [-0.25, -0.2) is 13.4 Å². The molecule has 10 heteroatoms. The molecule has 0 spiro atoms. The minimum absolute atomic E-state index is 0.0485. The number of H-pyrrole nitrogens is 1. The number of fused-ring (bicyclic) bond motifs is 1. The van der Waals surface area contributed by atoms with E-state index in [4.69, 9.17) is 0 Å². The summed E-state index contributed by atoms with van der Waals surface area (Å²) in [7, 11) is -2.05. The number of aryl methyl sites for hydroxylation is 3. The van der Waals surface area contributed by atoms with Crippen molar-refractivity contribution in [1.82, 2.24) is 20.1 Å². The van der Waals surface area contributed by atoms with Crippen molar-refractivity contribution in [2.75, 3.05) is 4.72 Å². The Morgan fingerprint density at radius 3 is 2.47 bits per heavy atom. The van der Waals surface area contributed by atoms with E-state index in [2.05, 4.69) is 20.1 Å². The summed E-state index contributed by atoms with van der Waals surface area (Å²) < 4.78 is 29.6. The maximum Gasteiger partial charge on any atom is 0.273 e. The highest BCUT2D eigenvalue weighted by Crippen LogP contribution is 2.22. The number of para-hydroxylation sites is 1. The van der Waals surface area contributed by atoms with E-state index in [1.54, 1.807) is 61.1 Å². The first kappa shape index (κ1) is 23.2. The first-order valence-electron chi connectivity index (χ1n) is 10.6. The molecule has 2 aromatic heterocycles. The predicted octanol–water partition coefficient (Wildman–Crippen LogP) is 2.54. The number of nitrogens with zero attached hydrogens (tertiary/aromatic N) is 2. The van der Waals surface area contributed by atoms with Crippen LogP contribution >= 0.6 is 0 Å². The lowest BCUT2D eigenvalue weighted by Gasteiger charge is -2.14. The Labute approximate surface area is 196 Å². The van der Waals surface area contributed by atoms with Crippen LogP contribution in [0.1, 0.15) is 22.4 Å². The van der Waals surface area contributed by atoms with Crippen LogP contribution in [0, 0.1) is 13.8 Å². The number of aromatic nitrogens is 3. The van der Waals surface area contributed by atoms with Crippen LogP contribution in [0.15, 0.2) is 64.3 Å². The molecule has 4 aromatic rings. The van der Waals surface area contributed by atoms with E-state index in [0.717, 1.165) is 5.56 Å². The molecule has 0 saturated carbocycles. The molecule has 0 aliphatic rings. The van der Waals surface area contributed by atoms with Gasteiger partial charge in [0.1, 0.15) is 0 Å². The molecule has 0 saturated heterocycles. The van der Waals surface area contributed by atoms with E-state index in [9.17, 15) is 18.0 Å². The van der Waals surface area contributed by atoms with Gasteiger partial charge in [-0.2, -0.15) is 0 Å². The van der Waals surface area contributed by atoms with E-state index >= 15 is 0 Å². The van der Waals surface area contributed by atoms with Crippen molar-refractivity contribution < 1.29 is 13.2 Å². The van der Waals surface area contributed by atoms with E-state index in [-0.39, 0.29) is 29.3 Å². The van der Waals surface area contributed by atoms with Crippen molar-refractivity contribution in [3.05, 3.63) is 87.3 Å². The van der Waals surface area contributed by atoms with Crippen molar-refractivity contribution >= 4 is 32.7 Å². The van der Waals surface area contributed by atoms with E-state index < -0.39 is 10.0 Å². The Morgan fingerprint density at radius 2 is 1.74 bits per heavy atom. The van der Waals surface area contributed by atoms with Gasteiger partial charge in [0.25, 0.3) is 15.6 Å². The molecule has 0 aliphatic heterocycles. The number of nitrogens with one attached hydrogen (secondary N) is 3. The Kier molecular flexibility index (Phi) is 6.25. The Hall–Kier alpha value is -3.92. The summed E-state index contributed by atoms with van der Waals surface area (Å²) >= 11 is 0. The van der Waals surface area contributed by atoms with Gasteiger partial charge in [-0.3, -0.25) is 24.1 Å². The van der Waals surface area contributed by atoms with Gasteiger partial charge in [-0.15, -0.1) is 0 Å². The van der Waals surface area contributed by atoms with E-state index in [0.29, 0.717) is 33.5 Å². The average molecular weight is 480 g/mol. The summed E-state index contributed by atoms with van der Waals surface area (Å²) in [5.41, 5.74) is 3.39. The highest BCUT2D eigenvalue weighted by molar-refractivity contribution is 7.92. The molecule has 9 nitrogen and oxygen atoms in total. The smallest absolute Gasteiger partial charge is 0.273 e. The van der Waals surface area contributed by atoms with E-state index in [1.807, 2.05) is 6.92 Å². The van der Waals surface area contributed by atoms with Gasteiger partial charge in [0, 0.05) is 19.3 Å². The van der Waals surface area contributed by atoms with Crippen LogP contribution < -0.4 is 15.6 Å². The molecule has 0 radical (unpaired) electrons. The summed E-state index contributed by atoms with van der Waals surface area (Å²) in [6, 6.07) is 15.0. The van der Waals surface area contributed by atoms with Crippen LogP contribution in [-0.4, -0.2) is 29.1 Å². The zero-order valence-corrected chi connectivity index (χ0v) is 19.9. The van der Waals surface area contributed by atoms with Crippen LogP contribution in [0.3, 0.4) is 0 Å². The van der Waals surface area contributed by atoms with Crippen molar-refractivity contribution in [2.45, 2.75) is 31.7 Å². The number of amides is 1. The molecule has 3 N–H and O–H groups in total. The quantitative estimate of drug-likeness (QED) is 0.376. The van der Waals surface area contributed by atoms with Crippen LogP contribution in [0.2, 0.25) is 0 Å². The fourth-order valence-electron chi connectivity index (χ4n) is 3.90. The van der Waals surface area contributed by atoms with Crippen LogP contribution in [0.4, 0.5) is 5.69 Å². The maximum atomic E-state index is 12.8. The molecular formula is C24H25N5O4S. The number of benzene rings is 2. The van der Waals surface area contributed by atoms with Gasteiger partial charge in [0.05, 0.1) is 22.4 Å². The number of sulfonamides is 1. The van der Waals surface area contributed by atoms with Gasteiger partial charge in [0.2, 0.25) is 5.91 Å². The van der Waals surface area contributed by atoms with E-state index in [1.165, 1.54) is 12.1 Å². The third kappa shape index (κ3) is 4.58. The normalized spacial score (nSPS) is 11.5. The second-order valence-corrected chi connectivity index (χ2v) is 9.71. The number of carbonyl (C=O) groups is 1. The minimum Gasteiger partial charge on any atom is -0.352 e. The Bertz CT molecular complexity index is 1540. The highest BCUT2D eigenvalue weighted by atomic mass is 32.2. The summed E-state index contributed by atoms with van der Waals surface area (Å²) in [6.07, 6.45) is 0.0485. The topological polar surface area (TPSA) is 126 Å². The molecule has 0 unspecified atom stereocenters. The van der Waals surface area contributed by atoms with Crippen LogP contribution in [0.5, 0.6) is 0 Å². The molecular weight excluding hydrogens is 454 g/mol. The zero-order chi connectivity index (χ0) is 24.5. The third-order valence-corrected chi connectivity index (χ3v) is 7.09. The number of rotatable bonds is 7. The molecule has 0 atom stereocenters. The summed E-state index contributed by atoms with van der Waals surface area (Å²) in [5.74, 6) is -0.263. The number of hydrogen-bond acceptors (Lipinski definition) is 5. The lowest BCUT2D eigenvalue weighted by molar-refractivity contribution is -0.120. The number of hydrogen-bond donors (Lipinski definition) is 3. The molecule has 2 heterocycles. The standard InChI is InChI=1S/C24H25N5O4S/c1-15-19(16(2)26-23-22(15)24(31)27-29(23)3)13-21(30)25-14-17-9-7-8-12-20(17)28-34(32,33)18-10-5-4-6-11-18/h4-12,28H,13-14H2,1-3H3,(H,25,30)(H,27,31). The summed E-state index contributed by atoms with van der Waals surface area (Å²) in [5, 5.41) is 6.00. The zero-order valence-electron chi connectivity index (χ0n) is 19.0. The second-order valence-electron chi connectivity index (χ2n) is 8.03. The second kappa shape index (κ2) is 9.14. The number of pyridine rings is 1. The first-order chi connectivity index (χ1) is 16.2. The fraction of sp³-hybridized carbons (Fsp3) is 0.208. The van der Waals surface area contributed by atoms with Crippen LogP contribution in [0.25, 0.3) is 11.0 Å². The SMILES string of the molecule is Cc1nc2c(c(C)c1CC(=O)NCc1ccccc1NS(=O)(=O)c1ccccc1)c(=O)[nH]n2C. The predicted molar refractivity (Wildman–Crippen MR) is 130 cm³/mol. The average Bonchev–Trinajstić information content (AvgIpc) is 3.09. The summed E-state index contributed by atoms with van der Waals surface area (Å²) in [4.78, 5) is 29.7. The molecule has 4 rings (SSSR count). The number of aromatic amines is 1. The third-order valence-electron chi connectivity index (χ3n) is 5.70. The van der Waals surface area contributed by atoms with Crippen LogP contribution in [-0.2, 0) is 34.8 Å². The molecule has 0 aliphatic carbocycles. The number of anilines is 1. The van der Waals surface area contributed by atoms with Gasteiger partial charge in [-0.1, -0.05) is 36.4 Å². The van der Waals surface area contributed by atoms with Gasteiger partial charge in [-0.05, 0) is 48.7 Å². The van der Waals surface area contributed by atoms with Gasteiger partial charge in [0.15, 0.2) is 5.65 Å². The molecule has 0 bridgehead atoms. The maximum absolute atomic E-state index is 12.8. The van der Waals surface area contributed by atoms with Crippen molar-refractivity contribution in [2.24, 2.45) is 7.05 Å². The van der Waals surface area contributed by atoms with Gasteiger partial charge < -0.3 is 5.32 Å². The minimum atomic E-state index is -3.76.